The summed E-state index contributed by atoms with van der Waals surface area (Å²) in [6, 6.07) is 4.58. The molecule has 0 aliphatic carbocycles. The van der Waals surface area contributed by atoms with Gasteiger partial charge in [-0.2, -0.15) is 0 Å². The molecule has 6 nitrogen and oxygen atoms in total. The van der Waals surface area contributed by atoms with Gasteiger partial charge in [0.2, 0.25) is 0 Å². The molecular formula is C19H27BrN6. The van der Waals surface area contributed by atoms with E-state index in [4.69, 9.17) is 4.98 Å². The van der Waals surface area contributed by atoms with E-state index < -0.39 is 0 Å². The van der Waals surface area contributed by atoms with Gasteiger partial charge in [-0.25, -0.2) is 4.98 Å². The minimum atomic E-state index is 0.396. The number of hydrogen-bond acceptors (Lipinski definition) is 5. The average molecular weight is 419 g/mol. The number of likely N-dealkylation sites (N-methyl/N-ethyl adjacent to an activating group) is 1. The predicted octanol–water partition coefficient (Wildman–Crippen LogP) is 2.83. The highest BCUT2D eigenvalue weighted by molar-refractivity contribution is 9.08. The molecule has 1 unspecified atom stereocenters. The summed E-state index contributed by atoms with van der Waals surface area (Å²) in [6.45, 7) is 8.38. The van der Waals surface area contributed by atoms with Gasteiger partial charge in [0.25, 0.3) is 0 Å². The first-order chi connectivity index (χ1) is 12.6. The standard InChI is InChI=1S/C19H27BrN6/c1-15-5-3-7-21-19(15)16-6-4-8-25(16)13-18-22-17(14-26(18)20)24-11-9-23(2)10-12-24/h3,5,7,14,16H,4,6,8-13H2,1-2H3. The first-order valence-electron chi connectivity index (χ1n) is 9.45. The number of aromatic nitrogens is 3. The molecule has 2 aliphatic rings. The predicted molar refractivity (Wildman–Crippen MR) is 108 cm³/mol. The molecule has 4 rings (SSSR count). The molecule has 4 heterocycles. The summed E-state index contributed by atoms with van der Waals surface area (Å²) >= 11 is 3.67. The van der Waals surface area contributed by atoms with Crippen molar-refractivity contribution >= 4 is 22.0 Å². The summed E-state index contributed by atoms with van der Waals surface area (Å²) < 4.78 is 2.02. The van der Waals surface area contributed by atoms with Gasteiger partial charge < -0.3 is 9.80 Å². The van der Waals surface area contributed by atoms with Crippen LogP contribution in [0.15, 0.2) is 24.5 Å². The Morgan fingerprint density at radius 2 is 2.00 bits per heavy atom. The van der Waals surface area contributed by atoms with Gasteiger partial charge >= 0.3 is 0 Å². The van der Waals surface area contributed by atoms with Gasteiger partial charge in [-0.05, 0) is 45.0 Å². The van der Waals surface area contributed by atoms with Crippen LogP contribution < -0.4 is 4.90 Å². The van der Waals surface area contributed by atoms with E-state index in [1.807, 2.05) is 15.9 Å². The maximum absolute atomic E-state index is 4.93. The molecule has 0 amide bonds. The molecule has 0 saturated carbocycles. The summed E-state index contributed by atoms with van der Waals surface area (Å²) in [4.78, 5) is 16.9. The molecule has 26 heavy (non-hydrogen) atoms. The Kier molecular flexibility index (Phi) is 5.29. The van der Waals surface area contributed by atoms with Crippen molar-refractivity contribution in [1.82, 2.24) is 23.4 Å². The van der Waals surface area contributed by atoms with Crippen LogP contribution in [0, 0.1) is 6.92 Å². The second-order valence-corrected chi connectivity index (χ2v) is 8.22. The molecule has 2 aromatic rings. The maximum atomic E-state index is 4.93. The van der Waals surface area contributed by atoms with E-state index in [1.54, 1.807) is 0 Å². The molecule has 2 aromatic heterocycles. The van der Waals surface area contributed by atoms with Gasteiger partial charge in [0.1, 0.15) is 11.6 Å². The van der Waals surface area contributed by atoms with Crippen LogP contribution in [0.3, 0.4) is 0 Å². The average Bonchev–Trinajstić information content (AvgIpc) is 3.24. The third kappa shape index (κ3) is 3.66. The molecule has 1 atom stereocenters. The number of anilines is 1. The van der Waals surface area contributed by atoms with Crippen LogP contribution >= 0.6 is 16.1 Å². The first-order valence-corrected chi connectivity index (χ1v) is 10.2. The Morgan fingerprint density at radius 1 is 1.19 bits per heavy atom. The zero-order valence-corrected chi connectivity index (χ0v) is 17.2. The van der Waals surface area contributed by atoms with E-state index in [9.17, 15) is 0 Å². The second kappa shape index (κ2) is 7.66. The molecule has 2 saturated heterocycles. The van der Waals surface area contributed by atoms with Gasteiger partial charge in [-0.1, -0.05) is 6.07 Å². The molecule has 2 aliphatic heterocycles. The topological polar surface area (TPSA) is 40.4 Å². The summed E-state index contributed by atoms with van der Waals surface area (Å²) in [6.07, 6.45) is 6.41. The number of halogens is 1. The van der Waals surface area contributed by atoms with Crippen molar-refractivity contribution in [3.8, 4) is 0 Å². The third-order valence-corrected chi connectivity index (χ3v) is 6.23. The molecule has 0 radical (unpaired) electrons. The van der Waals surface area contributed by atoms with Gasteiger partial charge in [0.05, 0.1) is 40.6 Å². The minimum Gasteiger partial charge on any atom is -0.353 e. The highest BCUT2D eigenvalue weighted by Gasteiger charge is 2.29. The van der Waals surface area contributed by atoms with Gasteiger partial charge in [-0.15, -0.1) is 0 Å². The number of aryl methyl sites for hydroxylation is 1. The van der Waals surface area contributed by atoms with Crippen molar-refractivity contribution in [2.24, 2.45) is 0 Å². The molecule has 0 spiro atoms. The van der Waals surface area contributed by atoms with E-state index in [0.29, 0.717) is 6.04 Å². The summed E-state index contributed by atoms with van der Waals surface area (Å²) in [5, 5.41) is 0. The Labute approximate surface area is 164 Å². The minimum absolute atomic E-state index is 0.396. The van der Waals surface area contributed by atoms with E-state index in [1.165, 1.54) is 24.1 Å². The van der Waals surface area contributed by atoms with Crippen LogP contribution in [-0.2, 0) is 6.54 Å². The Bertz CT molecular complexity index is 752. The lowest BCUT2D eigenvalue weighted by atomic mass is 10.1. The number of rotatable bonds is 4. The Morgan fingerprint density at radius 3 is 2.77 bits per heavy atom. The fraction of sp³-hybridized carbons (Fsp3) is 0.579. The lowest BCUT2D eigenvalue weighted by Gasteiger charge is -2.32. The third-order valence-electron chi connectivity index (χ3n) is 5.62. The number of hydrogen-bond donors (Lipinski definition) is 0. The van der Waals surface area contributed by atoms with Crippen molar-refractivity contribution in [2.45, 2.75) is 32.4 Å². The highest BCUT2D eigenvalue weighted by Crippen LogP contribution is 2.33. The normalized spacial score (nSPS) is 22.3. The molecule has 0 bridgehead atoms. The van der Waals surface area contributed by atoms with Crippen LogP contribution in [0.4, 0.5) is 5.82 Å². The molecule has 0 N–H and O–H groups in total. The van der Waals surface area contributed by atoms with Crippen LogP contribution in [0.5, 0.6) is 0 Å². The Hall–Kier alpha value is -1.44. The van der Waals surface area contributed by atoms with Crippen molar-refractivity contribution in [3.05, 3.63) is 41.6 Å². The van der Waals surface area contributed by atoms with E-state index >= 15 is 0 Å². The van der Waals surface area contributed by atoms with E-state index in [-0.39, 0.29) is 0 Å². The SMILES string of the molecule is Cc1cccnc1C1CCCN1Cc1nc(N2CCN(C)CC2)cn1Br. The zero-order chi connectivity index (χ0) is 18.1. The fourth-order valence-electron chi connectivity index (χ4n) is 4.03. The van der Waals surface area contributed by atoms with Gasteiger partial charge in [0.15, 0.2) is 0 Å². The molecule has 7 heteroatoms. The smallest absolute Gasteiger partial charge is 0.148 e. The maximum Gasteiger partial charge on any atom is 0.148 e. The lowest BCUT2D eigenvalue weighted by Crippen LogP contribution is -2.44. The monoisotopic (exact) mass is 418 g/mol. The number of pyridine rings is 1. The number of piperazine rings is 1. The zero-order valence-electron chi connectivity index (χ0n) is 15.6. The number of nitrogens with zero attached hydrogens (tertiary/aromatic N) is 6. The molecule has 2 fully saturated rings. The van der Waals surface area contributed by atoms with Crippen molar-refractivity contribution in [1.29, 1.82) is 0 Å². The molecular weight excluding hydrogens is 392 g/mol. The van der Waals surface area contributed by atoms with Gasteiger partial charge in [0, 0.05) is 32.4 Å². The van der Waals surface area contributed by atoms with Crippen LogP contribution in [0.1, 0.15) is 36.0 Å². The number of imidazole rings is 1. The summed E-state index contributed by atoms with van der Waals surface area (Å²) in [5.41, 5.74) is 2.50. The lowest BCUT2D eigenvalue weighted by molar-refractivity contribution is 0.237. The first kappa shape index (κ1) is 17.9. The second-order valence-electron chi connectivity index (χ2n) is 7.45. The van der Waals surface area contributed by atoms with E-state index in [0.717, 1.165) is 50.9 Å². The quantitative estimate of drug-likeness (QED) is 0.763. The van der Waals surface area contributed by atoms with E-state index in [2.05, 4.69) is 62.1 Å². The number of likely N-dealkylation sites (tertiary alicyclic amines) is 1. The summed E-state index contributed by atoms with van der Waals surface area (Å²) in [7, 11) is 2.18. The molecule has 0 aromatic carbocycles. The van der Waals surface area contributed by atoms with Crippen molar-refractivity contribution in [3.63, 3.8) is 0 Å². The largest absolute Gasteiger partial charge is 0.353 e. The van der Waals surface area contributed by atoms with Gasteiger partial charge in [-0.3, -0.25) is 13.5 Å². The van der Waals surface area contributed by atoms with Crippen LogP contribution in [0.2, 0.25) is 0 Å². The highest BCUT2D eigenvalue weighted by atomic mass is 79.9. The fourth-order valence-corrected chi connectivity index (χ4v) is 4.40. The summed E-state index contributed by atoms with van der Waals surface area (Å²) in [5.74, 6) is 2.15. The van der Waals surface area contributed by atoms with Crippen molar-refractivity contribution < 1.29 is 0 Å². The Balaban J connectivity index is 1.49. The molecule has 140 valence electrons. The van der Waals surface area contributed by atoms with Crippen LogP contribution in [0.25, 0.3) is 0 Å². The van der Waals surface area contributed by atoms with Crippen molar-refractivity contribution in [2.75, 3.05) is 44.7 Å². The van der Waals surface area contributed by atoms with Crippen LogP contribution in [-0.4, -0.2) is 63.1 Å².